The van der Waals surface area contributed by atoms with Crippen molar-refractivity contribution in [2.24, 2.45) is 0 Å². The molecule has 0 unspecified atom stereocenters. The SMILES string of the molecule is Cc1cccc(N)c1NC(=O)CN(C)CC(=O)NC1CC1. The summed E-state index contributed by atoms with van der Waals surface area (Å²) in [6.07, 6.45) is 2.12. The lowest BCUT2D eigenvalue weighted by Crippen LogP contribution is -2.39. The molecule has 1 fully saturated rings. The molecule has 21 heavy (non-hydrogen) atoms. The van der Waals surface area contributed by atoms with Crippen LogP contribution >= 0.6 is 0 Å². The van der Waals surface area contributed by atoms with Crippen LogP contribution < -0.4 is 16.4 Å². The van der Waals surface area contributed by atoms with Gasteiger partial charge in [0.1, 0.15) is 0 Å². The highest BCUT2D eigenvalue weighted by Crippen LogP contribution is 2.22. The molecule has 2 amide bonds. The Morgan fingerprint density at radius 3 is 2.57 bits per heavy atom. The quantitative estimate of drug-likeness (QED) is 0.674. The summed E-state index contributed by atoms with van der Waals surface area (Å²) < 4.78 is 0. The topological polar surface area (TPSA) is 87.5 Å². The highest BCUT2D eigenvalue weighted by atomic mass is 16.2. The van der Waals surface area contributed by atoms with Crippen LogP contribution in [0.3, 0.4) is 0 Å². The summed E-state index contributed by atoms with van der Waals surface area (Å²) in [7, 11) is 1.74. The van der Waals surface area contributed by atoms with Crippen molar-refractivity contribution in [3.05, 3.63) is 23.8 Å². The van der Waals surface area contributed by atoms with Gasteiger partial charge < -0.3 is 16.4 Å². The van der Waals surface area contributed by atoms with Crippen molar-refractivity contribution >= 4 is 23.2 Å². The zero-order valence-corrected chi connectivity index (χ0v) is 12.5. The lowest BCUT2D eigenvalue weighted by Gasteiger charge is -2.17. The summed E-state index contributed by atoms with van der Waals surface area (Å²) in [4.78, 5) is 25.3. The standard InChI is InChI=1S/C15H22N4O2/c1-10-4-3-5-12(16)15(10)18-14(21)9-19(2)8-13(20)17-11-6-7-11/h3-5,11H,6-9,16H2,1-2H3,(H,17,20)(H,18,21). The zero-order chi connectivity index (χ0) is 15.4. The number of rotatable bonds is 6. The highest BCUT2D eigenvalue weighted by molar-refractivity contribution is 5.96. The lowest BCUT2D eigenvalue weighted by molar-refractivity contribution is -0.123. The Morgan fingerprint density at radius 1 is 1.29 bits per heavy atom. The predicted octanol–water partition coefficient (Wildman–Crippen LogP) is 0.726. The van der Waals surface area contributed by atoms with Crippen molar-refractivity contribution in [1.29, 1.82) is 0 Å². The second kappa shape index (κ2) is 6.58. The number of aryl methyl sites for hydroxylation is 1. The average Bonchev–Trinajstić information content (AvgIpc) is 3.17. The normalized spacial score (nSPS) is 14.0. The van der Waals surface area contributed by atoms with Gasteiger partial charge in [0.05, 0.1) is 24.5 Å². The Kier molecular flexibility index (Phi) is 4.80. The maximum Gasteiger partial charge on any atom is 0.238 e. The van der Waals surface area contributed by atoms with Gasteiger partial charge in [-0.15, -0.1) is 0 Å². The monoisotopic (exact) mass is 290 g/mol. The molecule has 2 rings (SSSR count). The lowest BCUT2D eigenvalue weighted by atomic mass is 10.1. The maximum absolute atomic E-state index is 12.0. The van der Waals surface area contributed by atoms with Gasteiger partial charge in [-0.1, -0.05) is 12.1 Å². The van der Waals surface area contributed by atoms with E-state index in [0.29, 0.717) is 17.4 Å². The van der Waals surface area contributed by atoms with Crippen LogP contribution in [0.5, 0.6) is 0 Å². The third-order valence-electron chi connectivity index (χ3n) is 3.34. The Labute approximate surface area is 124 Å². The second-order valence-corrected chi connectivity index (χ2v) is 5.60. The molecule has 0 heterocycles. The Bertz CT molecular complexity index is 520. The summed E-state index contributed by atoms with van der Waals surface area (Å²) in [5.74, 6) is -0.221. The van der Waals surface area contributed by atoms with Crippen molar-refractivity contribution in [3.8, 4) is 0 Å². The molecular formula is C15H22N4O2. The molecule has 6 heteroatoms. The van der Waals surface area contributed by atoms with Gasteiger partial charge in [-0.25, -0.2) is 0 Å². The molecule has 0 saturated heterocycles. The number of nitrogens with zero attached hydrogens (tertiary/aromatic N) is 1. The van der Waals surface area contributed by atoms with Gasteiger partial charge in [0.2, 0.25) is 11.8 Å². The number of nitrogens with one attached hydrogen (secondary N) is 2. The van der Waals surface area contributed by atoms with Crippen LogP contribution in [0.1, 0.15) is 18.4 Å². The van der Waals surface area contributed by atoms with Gasteiger partial charge in [0.25, 0.3) is 0 Å². The fourth-order valence-corrected chi connectivity index (χ4v) is 2.09. The van der Waals surface area contributed by atoms with Gasteiger partial charge >= 0.3 is 0 Å². The van der Waals surface area contributed by atoms with E-state index in [1.807, 2.05) is 19.1 Å². The predicted molar refractivity (Wildman–Crippen MR) is 82.9 cm³/mol. The summed E-state index contributed by atoms with van der Waals surface area (Å²) in [5.41, 5.74) is 7.94. The number of carbonyl (C=O) groups is 2. The molecule has 0 radical (unpaired) electrons. The van der Waals surface area contributed by atoms with Crippen molar-refractivity contribution in [3.63, 3.8) is 0 Å². The number of benzene rings is 1. The van der Waals surface area contributed by atoms with Crippen LogP contribution in [-0.2, 0) is 9.59 Å². The van der Waals surface area contributed by atoms with E-state index in [9.17, 15) is 9.59 Å². The summed E-state index contributed by atoms with van der Waals surface area (Å²) in [6.45, 7) is 2.25. The van der Waals surface area contributed by atoms with E-state index in [1.165, 1.54) is 0 Å². The fourth-order valence-electron chi connectivity index (χ4n) is 2.09. The molecule has 1 aliphatic carbocycles. The first-order valence-corrected chi connectivity index (χ1v) is 7.08. The molecule has 0 aliphatic heterocycles. The largest absolute Gasteiger partial charge is 0.397 e. The van der Waals surface area contributed by atoms with Crippen LogP contribution in [0.15, 0.2) is 18.2 Å². The smallest absolute Gasteiger partial charge is 0.238 e. The first kappa shape index (κ1) is 15.3. The van der Waals surface area contributed by atoms with Crippen LogP contribution in [-0.4, -0.2) is 42.9 Å². The minimum absolute atomic E-state index is 0.0387. The van der Waals surface area contributed by atoms with Crippen molar-refractivity contribution in [2.75, 3.05) is 31.2 Å². The molecule has 1 aliphatic rings. The highest BCUT2D eigenvalue weighted by Gasteiger charge is 2.23. The van der Waals surface area contributed by atoms with E-state index in [0.717, 1.165) is 18.4 Å². The molecule has 0 spiro atoms. The number of hydrogen-bond acceptors (Lipinski definition) is 4. The number of nitrogens with two attached hydrogens (primary N) is 1. The Balaban J connectivity index is 1.81. The Hall–Kier alpha value is -2.08. The first-order chi connectivity index (χ1) is 9.95. The van der Waals surface area contributed by atoms with E-state index in [-0.39, 0.29) is 24.9 Å². The van der Waals surface area contributed by atoms with Crippen molar-refractivity contribution in [1.82, 2.24) is 10.2 Å². The van der Waals surface area contributed by atoms with E-state index < -0.39 is 0 Å². The maximum atomic E-state index is 12.0. The molecular weight excluding hydrogens is 268 g/mol. The summed E-state index contributed by atoms with van der Waals surface area (Å²) in [5, 5.41) is 5.69. The fraction of sp³-hybridized carbons (Fsp3) is 0.467. The van der Waals surface area contributed by atoms with Gasteiger partial charge in [0, 0.05) is 6.04 Å². The molecule has 0 aromatic heterocycles. The number of hydrogen-bond donors (Lipinski definition) is 3. The molecule has 1 aromatic rings. The van der Waals surface area contributed by atoms with Crippen LogP contribution in [0.25, 0.3) is 0 Å². The average molecular weight is 290 g/mol. The van der Waals surface area contributed by atoms with Crippen molar-refractivity contribution in [2.45, 2.75) is 25.8 Å². The zero-order valence-electron chi connectivity index (χ0n) is 12.5. The second-order valence-electron chi connectivity index (χ2n) is 5.60. The summed E-state index contributed by atoms with van der Waals surface area (Å²) in [6, 6.07) is 5.81. The molecule has 114 valence electrons. The summed E-state index contributed by atoms with van der Waals surface area (Å²) >= 11 is 0. The van der Waals surface area contributed by atoms with E-state index in [1.54, 1.807) is 18.0 Å². The van der Waals surface area contributed by atoms with E-state index in [2.05, 4.69) is 10.6 Å². The van der Waals surface area contributed by atoms with Crippen LogP contribution in [0, 0.1) is 6.92 Å². The molecule has 0 bridgehead atoms. The molecule has 4 N–H and O–H groups in total. The van der Waals surface area contributed by atoms with E-state index in [4.69, 9.17) is 5.73 Å². The number of carbonyl (C=O) groups excluding carboxylic acids is 2. The molecule has 1 aromatic carbocycles. The number of para-hydroxylation sites is 1. The van der Waals surface area contributed by atoms with E-state index >= 15 is 0 Å². The third-order valence-corrected chi connectivity index (χ3v) is 3.34. The molecule has 0 atom stereocenters. The van der Waals surface area contributed by atoms with Gasteiger partial charge in [-0.3, -0.25) is 14.5 Å². The van der Waals surface area contributed by atoms with Crippen molar-refractivity contribution < 1.29 is 9.59 Å². The Morgan fingerprint density at radius 2 is 1.95 bits per heavy atom. The molecule has 6 nitrogen and oxygen atoms in total. The number of anilines is 2. The number of amides is 2. The third kappa shape index (κ3) is 4.75. The molecule has 1 saturated carbocycles. The van der Waals surface area contributed by atoms with Crippen LogP contribution in [0.2, 0.25) is 0 Å². The van der Waals surface area contributed by atoms with Gasteiger partial charge in [0.15, 0.2) is 0 Å². The van der Waals surface area contributed by atoms with Crippen LogP contribution in [0.4, 0.5) is 11.4 Å². The number of nitrogen functional groups attached to an aromatic ring is 1. The first-order valence-electron chi connectivity index (χ1n) is 7.08. The van der Waals surface area contributed by atoms with Gasteiger partial charge in [-0.2, -0.15) is 0 Å². The van der Waals surface area contributed by atoms with Gasteiger partial charge in [-0.05, 0) is 38.4 Å². The number of likely N-dealkylation sites (N-methyl/N-ethyl adjacent to an activating group) is 1. The minimum atomic E-state index is -0.183. The minimum Gasteiger partial charge on any atom is -0.397 e.